The molecule has 0 radical (unpaired) electrons. The zero-order valence-corrected chi connectivity index (χ0v) is 16.8. The lowest BCUT2D eigenvalue weighted by Crippen LogP contribution is -2.33. The first-order valence-corrected chi connectivity index (χ1v) is 9.49. The number of halogens is 3. The molecule has 4 N–H and O–H groups in total. The van der Waals surface area contributed by atoms with Crippen LogP contribution in [0.15, 0.2) is 42.5 Å². The van der Waals surface area contributed by atoms with Crippen LogP contribution in [0.5, 0.6) is 11.8 Å². The van der Waals surface area contributed by atoms with E-state index in [1.807, 2.05) is 0 Å². The number of rotatable bonds is 7. The van der Waals surface area contributed by atoms with Crippen LogP contribution in [0, 0.1) is 11.6 Å². The van der Waals surface area contributed by atoms with E-state index in [0.717, 1.165) is 12.1 Å². The zero-order chi connectivity index (χ0) is 22.8. The van der Waals surface area contributed by atoms with Gasteiger partial charge in [0.1, 0.15) is 23.4 Å². The number of ether oxygens (including phenoxy) is 1. The highest BCUT2D eigenvalue weighted by molar-refractivity contribution is 6.33. The first-order chi connectivity index (χ1) is 15.4. The topological polar surface area (TPSA) is 133 Å². The normalized spacial score (nSPS) is 12.0. The molecule has 0 aliphatic heterocycles. The lowest BCUT2D eigenvalue weighted by atomic mass is 10.1. The summed E-state index contributed by atoms with van der Waals surface area (Å²) in [6.45, 7) is -0.747. The van der Waals surface area contributed by atoms with E-state index in [-0.39, 0.29) is 28.6 Å². The van der Waals surface area contributed by atoms with E-state index in [2.05, 4.69) is 25.5 Å². The van der Waals surface area contributed by atoms with Crippen molar-refractivity contribution in [2.24, 2.45) is 0 Å². The van der Waals surface area contributed by atoms with Crippen LogP contribution in [0.1, 0.15) is 0 Å². The third-order valence-electron chi connectivity index (χ3n) is 4.41. The SMILES string of the molecule is O=C(O)[C@H](CO)Nc1nc(Oc2ccc(F)cc2F)nc2[nH]nc(-c3ccccc3Cl)c12. The van der Waals surface area contributed by atoms with Gasteiger partial charge in [-0.1, -0.05) is 29.8 Å². The number of nitrogens with zero attached hydrogens (tertiary/aromatic N) is 3. The van der Waals surface area contributed by atoms with Gasteiger partial charge in [-0.25, -0.2) is 13.6 Å². The number of aliphatic hydroxyl groups excluding tert-OH is 1. The van der Waals surface area contributed by atoms with Crippen LogP contribution in [-0.2, 0) is 4.79 Å². The van der Waals surface area contributed by atoms with Crippen molar-refractivity contribution >= 4 is 34.4 Å². The third-order valence-corrected chi connectivity index (χ3v) is 4.74. The van der Waals surface area contributed by atoms with Crippen molar-refractivity contribution in [2.75, 3.05) is 11.9 Å². The summed E-state index contributed by atoms with van der Waals surface area (Å²) in [5.41, 5.74) is 0.952. The smallest absolute Gasteiger partial charge is 0.328 e. The molecule has 0 aliphatic rings. The Morgan fingerprint density at radius 1 is 1.22 bits per heavy atom. The number of aliphatic hydroxyl groups is 1. The Kier molecular flexibility index (Phi) is 5.84. The number of aromatic nitrogens is 4. The molecular weight excluding hydrogens is 448 g/mol. The summed E-state index contributed by atoms with van der Waals surface area (Å²) in [4.78, 5) is 19.7. The maximum atomic E-state index is 14.0. The maximum Gasteiger partial charge on any atom is 0.328 e. The van der Waals surface area contributed by atoms with E-state index in [9.17, 15) is 23.8 Å². The molecule has 4 aromatic rings. The number of carboxylic acids is 1. The quantitative estimate of drug-likeness (QED) is 0.328. The minimum absolute atomic E-state index is 0.0577. The number of aromatic amines is 1. The predicted molar refractivity (Wildman–Crippen MR) is 111 cm³/mol. The Hall–Kier alpha value is -3.83. The van der Waals surface area contributed by atoms with Crippen LogP contribution in [0.25, 0.3) is 22.3 Å². The number of aliphatic carboxylic acids is 1. The van der Waals surface area contributed by atoms with Crippen LogP contribution in [-0.4, -0.2) is 49.0 Å². The number of benzene rings is 2. The van der Waals surface area contributed by atoms with Gasteiger partial charge in [0.15, 0.2) is 17.2 Å². The molecule has 2 heterocycles. The fraction of sp³-hybridized carbons (Fsp3) is 0.100. The molecule has 2 aromatic carbocycles. The molecule has 0 saturated carbocycles. The van der Waals surface area contributed by atoms with Crippen molar-refractivity contribution < 1.29 is 28.5 Å². The average Bonchev–Trinajstić information content (AvgIpc) is 3.18. The summed E-state index contributed by atoms with van der Waals surface area (Å²) in [7, 11) is 0. The van der Waals surface area contributed by atoms with Crippen molar-refractivity contribution in [2.45, 2.75) is 6.04 Å². The highest BCUT2D eigenvalue weighted by Crippen LogP contribution is 2.36. The van der Waals surface area contributed by atoms with Gasteiger partial charge in [0, 0.05) is 11.6 Å². The molecule has 0 spiro atoms. The van der Waals surface area contributed by atoms with E-state index < -0.39 is 30.3 Å². The lowest BCUT2D eigenvalue weighted by molar-refractivity contribution is -0.138. The van der Waals surface area contributed by atoms with Crippen LogP contribution in [0.2, 0.25) is 5.02 Å². The van der Waals surface area contributed by atoms with Crippen molar-refractivity contribution in [1.82, 2.24) is 20.2 Å². The van der Waals surface area contributed by atoms with Gasteiger partial charge in [-0.3, -0.25) is 5.10 Å². The number of fused-ring (bicyclic) bond motifs is 1. The summed E-state index contributed by atoms with van der Waals surface area (Å²) in [6, 6.07) is 7.69. The molecule has 164 valence electrons. The molecule has 1 atom stereocenters. The van der Waals surface area contributed by atoms with Crippen LogP contribution < -0.4 is 10.1 Å². The highest BCUT2D eigenvalue weighted by atomic mass is 35.5. The molecule has 32 heavy (non-hydrogen) atoms. The summed E-state index contributed by atoms with van der Waals surface area (Å²) < 4.78 is 32.5. The Balaban J connectivity index is 1.86. The number of hydrogen-bond donors (Lipinski definition) is 4. The lowest BCUT2D eigenvalue weighted by Gasteiger charge is -2.14. The second-order valence-corrected chi connectivity index (χ2v) is 6.93. The molecule has 12 heteroatoms. The Bertz CT molecular complexity index is 1320. The molecule has 0 unspecified atom stereocenters. The molecule has 4 rings (SSSR count). The van der Waals surface area contributed by atoms with E-state index in [4.69, 9.17) is 16.3 Å². The van der Waals surface area contributed by atoms with Crippen molar-refractivity contribution in [1.29, 1.82) is 0 Å². The first kappa shape index (κ1) is 21.4. The maximum absolute atomic E-state index is 14.0. The van der Waals surface area contributed by atoms with Gasteiger partial charge in [0.05, 0.1) is 17.0 Å². The molecule has 2 aromatic heterocycles. The first-order valence-electron chi connectivity index (χ1n) is 9.11. The zero-order valence-electron chi connectivity index (χ0n) is 16.0. The van der Waals surface area contributed by atoms with Gasteiger partial charge in [0.2, 0.25) is 0 Å². The van der Waals surface area contributed by atoms with Gasteiger partial charge >= 0.3 is 12.0 Å². The highest BCUT2D eigenvalue weighted by Gasteiger charge is 2.24. The van der Waals surface area contributed by atoms with Gasteiger partial charge < -0.3 is 20.3 Å². The van der Waals surface area contributed by atoms with E-state index in [1.54, 1.807) is 24.3 Å². The molecular formula is C20H14ClF2N5O4. The minimum atomic E-state index is -1.42. The summed E-state index contributed by atoms with van der Waals surface area (Å²) in [6.07, 6.45) is 0. The fourth-order valence-corrected chi connectivity index (χ4v) is 3.14. The average molecular weight is 462 g/mol. The molecule has 0 saturated heterocycles. The fourth-order valence-electron chi connectivity index (χ4n) is 2.92. The van der Waals surface area contributed by atoms with Gasteiger partial charge in [-0.2, -0.15) is 15.1 Å². The van der Waals surface area contributed by atoms with Crippen molar-refractivity contribution in [3.63, 3.8) is 0 Å². The van der Waals surface area contributed by atoms with Gasteiger partial charge in [-0.05, 0) is 18.2 Å². The van der Waals surface area contributed by atoms with E-state index in [1.165, 1.54) is 0 Å². The van der Waals surface area contributed by atoms with Crippen molar-refractivity contribution in [3.8, 4) is 23.0 Å². The van der Waals surface area contributed by atoms with Crippen LogP contribution in [0.3, 0.4) is 0 Å². The Morgan fingerprint density at radius 2 is 2.00 bits per heavy atom. The van der Waals surface area contributed by atoms with Crippen molar-refractivity contribution in [3.05, 3.63) is 59.1 Å². The number of anilines is 1. The van der Waals surface area contributed by atoms with Gasteiger partial charge in [0.25, 0.3) is 0 Å². The standard InChI is InChI=1S/C20H14ClF2N5O4/c21-11-4-2-1-3-10(11)16-15-17(24-13(8-29)19(30)31)25-20(26-18(15)28-27-16)32-14-6-5-9(22)7-12(14)23/h1-7,13,29H,8H2,(H,30,31)(H2,24,25,26,27,28)/t13-/m0/s1. The second kappa shape index (κ2) is 8.73. The summed E-state index contributed by atoms with van der Waals surface area (Å²) in [5, 5.41) is 28.9. The second-order valence-electron chi connectivity index (χ2n) is 6.52. The van der Waals surface area contributed by atoms with Crippen LogP contribution in [0.4, 0.5) is 14.6 Å². The minimum Gasteiger partial charge on any atom is -0.480 e. The van der Waals surface area contributed by atoms with E-state index >= 15 is 0 Å². The number of hydrogen-bond acceptors (Lipinski definition) is 7. The van der Waals surface area contributed by atoms with E-state index in [0.29, 0.717) is 22.3 Å². The third kappa shape index (κ3) is 4.15. The van der Waals surface area contributed by atoms with Crippen LogP contribution >= 0.6 is 11.6 Å². The largest absolute Gasteiger partial charge is 0.480 e. The molecule has 0 fully saturated rings. The monoisotopic (exact) mass is 461 g/mol. The number of H-pyrrole nitrogens is 1. The molecule has 0 bridgehead atoms. The Morgan fingerprint density at radius 3 is 2.69 bits per heavy atom. The number of carboxylic acid groups (broad SMARTS) is 1. The predicted octanol–water partition coefficient (Wildman–Crippen LogP) is 3.60. The molecule has 0 amide bonds. The number of carbonyl (C=O) groups is 1. The summed E-state index contributed by atoms with van der Waals surface area (Å²) in [5.74, 6) is -3.52. The Labute approximate surface area is 183 Å². The molecule has 9 nitrogen and oxygen atoms in total. The number of nitrogens with one attached hydrogen (secondary N) is 2. The molecule has 0 aliphatic carbocycles. The summed E-state index contributed by atoms with van der Waals surface area (Å²) >= 11 is 6.27. The van der Waals surface area contributed by atoms with Gasteiger partial charge in [-0.15, -0.1) is 0 Å².